The molecule has 2 N–H and O–H groups in total. The highest BCUT2D eigenvalue weighted by Gasteiger charge is 2.43. The third-order valence-electron chi connectivity index (χ3n) is 11.1. The number of rotatable bonds is 13. The molecule has 292 valence electrons. The van der Waals surface area contributed by atoms with E-state index in [9.17, 15) is 14.7 Å². The van der Waals surface area contributed by atoms with Gasteiger partial charge in [0.05, 0.1) is 29.6 Å². The average Bonchev–Trinajstić information content (AvgIpc) is 3.79. The van der Waals surface area contributed by atoms with Crippen LogP contribution in [0, 0.1) is 5.82 Å². The van der Waals surface area contributed by atoms with Gasteiger partial charge in [-0.1, -0.05) is 43.3 Å². The molecule has 13 nitrogen and oxygen atoms in total. The second kappa shape index (κ2) is 16.2. The molecule has 3 aliphatic heterocycles. The smallest absolute Gasteiger partial charge is 0.407 e. The summed E-state index contributed by atoms with van der Waals surface area (Å²) in [7, 11) is 1.54. The average molecular weight is 765 g/mol. The van der Waals surface area contributed by atoms with Gasteiger partial charge in [-0.25, -0.2) is 14.0 Å². The van der Waals surface area contributed by atoms with Crippen molar-refractivity contribution in [3.8, 4) is 23.0 Å². The molecule has 2 aromatic heterocycles. The number of ether oxygens (including phenoxy) is 4. The molecule has 2 unspecified atom stereocenters. The van der Waals surface area contributed by atoms with Crippen molar-refractivity contribution in [2.75, 3.05) is 45.1 Å². The predicted octanol–water partition coefficient (Wildman–Crippen LogP) is 6.61. The maximum atomic E-state index is 17.2. The number of pyridine rings is 1. The highest BCUT2D eigenvalue weighted by Crippen LogP contribution is 2.40. The van der Waals surface area contributed by atoms with E-state index in [1.807, 2.05) is 35.2 Å². The van der Waals surface area contributed by atoms with Crippen molar-refractivity contribution in [3.05, 3.63) is 83.8 Å². The van der Waals surface area contributed by atoms with Gasteiger partial charge in [-0.2, -0.15) is 9.97 Å². The summed E-state index contributed by atoms with van der Waals surface area (Å²) in [6.07, 6.45) is 5.24. The minimum absolute atomic E-state index is 0.0194. The Balaban J connectivity index is 1.09. The molecular weight excluding hydrogens is 719 g/mol. The van der Waals surface area contributed by atoms with Crippen molar-refractivity contribution in [2.24, 2.45) is 0 Å². The van der Waals surface area contributed by atoms with E-state index < -0.39 is 11.9 Å². The first-order valence-corrected chi connectivity index (χ1v) is 19.2. The highest BCUT2D eigenvalue weighted by atomic mass is 19.1. The largest absolute Gasteiger partial charge is 0.468 e. The molecule has 56 heavy (non-hydrogen) atoms. The van der Waals surface area contributed by atoms with Crippen LogP contribution in [-0.4, -0.2) is 101 Å². The van der Waals surface area contributed by atoms with E-state index in [-0.39, 0.29) is 60.8 Å². The monoisotopic (exact) mass is 764 g/mol. The Hall–Kier alpha value is -5.60. The lowest BCUT2D eigenvalue weighted by Crippen LogP contribution is -2.55. The topological polar surface area (TPSA) is 148 Å². The maximum Gasteiger partial charge on any atom is 0.407 e. The van der Waals surface area contributed by atoms with Crippen LogP contribution in [0.4, 0.5) is 15.0 Å². The molecule has 2 bridgehead atoms. The Morgan fingerprint density at radius 2 is 1.75 bits per heavy atom. The van der Waals surface area contributed by atoms with E-state index >= 15 is 4.39 Å². The van der Waals surface area contributed by atoms with Gasteiger partial charge in [0.15, 0.2) is 12.6 Å². The van der Waals surface area contributed by atoms with Crippen LogP contribution in [0.25, 0.3) is 32.9 Å². The van der Waals surface area contributed by atoms with Gasteiger partial charge < -0.3 is 34.3 Å². The van der Waals surface area contributed by atoms with Crippen molar-refractivity contribution < 1.29 is 38.0 Å². The van der Waals surface area contributed by atoms with Crippen LogP contribution in [-0.2, 0) is 15.9 Å². The lowest BCUT2D eigenvalue weighted by molar-refractivity contribution is 0.0490. The molecule has 4 atom stereocenters. The van der Waals surface area contributed by atoms with Gasteiger partial charge in [-0.05, 0) is 79.1 Å². The number of aryl methyl sites for hydroxylation is 1. The van der Waals surface area contributed by atoms with Crippen LogP contribution in [0.5, 0.6) is 11.8 Å². The standard InChI is InChI=1S/C42H45FN6O7/c1-3-25-10-7-11-27-18-32(56-24-53-2)19-33(35(25)27)37-36(43)38-34(20-44-37)39(48-21-30-14-15-31(22-48)49(30)42(51)52)47-41(46-38)55-23-29-13-12-28(45-29)16-17-54-40(50)26-8-5-4-6-9-26/h4-11,18-20,28-31,45H,3,12-17,21-24H2,1-2H3,(H,51,52)/t28-,29-,30?,31?/m0/s1. The normalized spacial score (nSPS) is 20.5. The predicted molar refractivity (Wildman–Crippen MR) is 208 cm³/mol. The summed E-state index contributed by atoms with van der Waals surface area (Å²) in [5.74, 6) is 0.00337. The van der Waals surface area contributed by atoms with Crippen molar-refractivity contribution in [2.45, 2.75) is 69.6 Å². The number of methoxy groups -OCH3 is 1. The van der Waals surface area contributed by atoms with Gasteiger partial charge in [0, 0.05) is 44.0 Å². The van der Waals surface area contributed by atoms with Crippen molar-refractivity contribution in [3.63, 3.8) is 0 Å². The fourth-order valence-electron chi connectivity index (χ4n) is 8.46. The van der Waals surface area contributed by atoms with Crippen molar-refractivity contribution in [1.29, 1.82) is 0 Å². The zero-order valence-electron chi connectivity index (χ0n) is 31.4. The van der Waals surface area contributed by atoms with E-state index in [0.29, 0.717) is 54.2 Å². The van der Waals surface area contributed by atoms with Crippen LogP contribution in [0.2, 0.25) is 0 Å². The summed E-state index contributed by atoms with van der Waals surface area (Å²) >= 11 is 0. The number of fused-ring (bicyclic) bond motifs is 4. The second-order valence-corrected chi connectivity index (χ2v) is 14.6. The first kappa shape index (κ1) is 37.3. The maximum absolute atomic E-state index is 17.2. The fourth-order valence-corrected chi connectivity index (χ4v) is 8.46. The summed E-state index contributed by atoms with van der Waals surface area (Å²) in [6, 6.07) is 18.3. The fraction of sp³-hybridized carbons (Fsp3) is 0.405. The Labute approximate surface area is 323 Å². The minimum atomic E-state index is -0.932. The van der Waals surface area contributed by atoms with E-state index in [1.165, 1.54) is 4.90 Å². The van der Waals surface area contributed by atoms with Gasteiger partial charge >= 0.3 is 18.1 Å². The number of hydrogen-bond donors (Lipinski definition) is 2. The zero-order valence-corrected chi connectivity index (χ0v) is 31.4. The molecule has 3 saturated heterocycles. The van der Waals surface area contributed by atoms with Crippen molar-refractivity contribution >= 4 is 39.6 Å². The Morgan fingerprint density at radius 1 is 0.964 bits per heavy atom. The third-order valence-corrected chi connectivity index (χ3v) is 11.1. The number of hydrogen-bond acceptors (Lipinski definition) is 11. The Bertz CT molecular complexity index is 2230. The van der Waals surface area contributed by atoms with Gasteiger partial charge in [0.25, 0.3) is 0 Å². The SMILES string of the molecule is CCc1cccc2cc(OCOC)cc(-c3ncc4c(N5CC6CCC(C5)N6C(=O)O)nc(OC[C@@H]5CC[C@@H](CCOC(=O)c6ccccc6)N5)nc4c3F)c12. The van der Waals surface area contributed by atoms with E-state index in [0.717, 1.165) is 48.4 Å². The van der Waals surface area contributed by atoms with E-state index in [2.05, 4.69) is 17.2 Å². The minimum Gasteiger partial charge on any atom is -0.468 e. The molecule has 0 aliphatic carbocycles. The zero-order chi connectivity index (χ0) is 38.8. The molecule has 8 rings (SSSR count). The number of halogens is 1. The van der Waals surface area contributed by atoms with Crippen LogP contribution in [0.1, 0.15) is 54.9 Å². The number of carbonyl (C=O) groups excluding carboxylic acids is 1. The molecule has 0 spiro atoms. The summed E-state index contributed by atoms with van der Waals surface area (Å²) in [5, 5.41) is 15.6. The highest BCUT2D eigenvalue weighted by molar-refractivity contribution is 6.01. The number of aromatic nitrogens is 3. The molecule has 3 aromatic carbocycles. The molecular formula is C42H45FN6O7. The summed E-state index contributed by atoms with van der Waals surface area (Å²) in [6.45, 7) is 3.43. The van der Waals surface area contributed by atoms with Crippen LogP contribution < -0.4 is 19.7 Å². The number of carbonyl (C=O) groups is 2. The molecule has 3 aliphatic rings. The lowest BCUT2D eigenvalue weighted by Gasteiger charge is -2.40. The number of benzene rings is 3. The van der Waals surface area contributed by atoms with Gasteiger partial charge in [0.1, 0.15) is 29.4 Å². The summed E-state index contributed by atoms with van der Waals surface area (Å²) in [4.78, 5) is 42.3. The van der Waals surface area contributed by atoms with Crippen molar-refractivity contribution in [1.82, 2.24) is 25.2 Å². The molecule has 5 aromatic rings. The number of nitrogens with zero attached hydrogens (tertiary/aromatic N) is 5. The van der Waals surface area contributed by atoms with Gasteiger partial charge in [0.2, 0.25) is 0 Å². The molecule has 0 radical (unpaired) electrons. The van der Waals surface area contributed by atoms with Crippen LogP contribution in [0.3, 0.4) is 0 Å². The van der Waals surface area contributed by atoms with Gasteiger partial charge in [-0.3, -0.25) is 9.88 Å². The molecule has 5 heterocycles. The molecule has 3 fully saturated rings. The number of anilines is 1. The number of piperazine rings is 1. The third kappa shape index (κ3) is 7.50. The number of nitrogens with one attached hydrogen (secondary N) is 1. The quantitative estimate of drug-likeness (QED) is 0.0983. The number of amides is 1. The first-order chi connectivity index (χ1) is 27.3. The van der Waals surface area contributed by atoms with Crippen LogP contribution >= 0.6 is 0 Å². The summed E-state index contributed by atoms with van der Waals surface area (Å²) in [5.41, 5.74) is 2.30. The van der Waals surface area contributed by atoms with Crippen LogP contribution in [0.15, 0.2) is 66.9 Å². The molecule has 0 saturated carbocycles. The lowest BCUT2D eigenvalue weighted by atomic mass is 9.95. The molecule has 14 heteroatoms. The van der Waals surface area contributed by atoms with E-state index in [1.54, 1.807) is 43.6 Å². The Kier molecular flexibility index (Phi) is 10.8. The number of carboxylic acid groups (broad SMARTS) is 1. The first-order valence-electron chi connectivity index (χ1n) is 19.2. The van der Waals surface area contributed by atoms with E-state index in [4.69, 9.17) is 28.9 Å². The number of esters is 1. The van der Waals surface area contributed by atoms with Gasteiger partial charge in [-0.15, -0.1) is 0 Å². The summed E-state index contributed by atoms with van der Waals surface area (Å²) < 4.78 is 40.0. The Morgan fingerprint density at radius 3 is 2.50 bits per heavy atom. The second-order valence-electron chi connectivity index (χ2n) is 14.6. The molecule has 1 amide bonds.